The lowest BCUT2D eigenvalue weighted by molar-refractivity contribution is 0.103. The van der Waals surface area contributed by atoms with Crippen LogP contribution in [-0.4, -0.2) is 42.7 Å². The van der Waals surface area contributed by atoms with E-state index in [1.54, 1.807) is 12.1 Å². The van der Waals surface area contributed by atoms with Gasteiger partial charge in [-0.1, -0.05) is 15.9 Å². The molecule has 17 heavy (non-hydrogen) atoms. The summed E-state index contributed by atoms with van der Waals surface area (Å²) in [5.41, 5.74) is 0.359. The summed E-state index contributed by atoms with van der Waals surface area (Å²) < 4.78 is 14.3. The third kappa shape index (κ3) is 3.48. The molecular formula is C12H16BrFN2O. The molecule has 2 rings (SSSR count). The van der Waals surface area contributed by atoms with Crippen molar-refractivity contribution in [1.29, 1.82) is 0 Å². The minimum atomic E-state index is -0.773. The molecule has 1 aromatic carbocycles. The Morgan fingerprint density at radius 3 is 2.82 bits per heavy atom. The monoisotopic (exact) mass is 302 g/mol. The second-order valence-corrected chi connectivity index (χ2v) is 5.15. The Balaban J connectivity index is 2.02. The Hall–Kier alpha value is -0.490. The van der Waals surface area contributed by atoms with Crippen molar-refractivity contribution in [3.05, 3.63) is 34.1 Å². The van der Waals surface area contributed by atoms with Gasteiger partial charge in [0.15, 0.2) is 0 Å². The summed E-state index contributed by atoms with van der Waals surface area (Å²) in [4.78, 5) is 2.14. The number of hydrogen-bond donors (Lipinski definition) is 2. The molecule has 2 N–H and O–H groups in total. The number of hydrogen-bond acceptors (Lipinski definition) is 3. The third-order valence-electron chi connectivity index (χ3n) is 2.96. The molecule has 5 heteroatoms. The van der Waals surface area contributed by atoms with Gasteiger partial charge in [0.1, 0.15) is 5.82 Å². The molecule has 1 atom stereocenters. The molecule has 0 spiro atoms. The van der Waals surface area contributed by atoms with E-state index in [1.807, 2.05) is 0 Å². The van der Waals surface area contributed by atoms with E-state index in [1.165, 1.54) is 6.07 Å². The smallest absolute Gasteiger partial charge is 0.129 e. The van der Waals surface area contributed by atoms with Gasteiger partial charge in [-0.25, -0.2) is 4.39 Å². The van der Waals surface area contributed by atoms with Gasteiger partial charge in [0.05, 0.1) is 6.10 Å². The lowest BCUT2D eigenvalue weighted by atomic mass is 10.1. The van der Waals surface area contributed by atoms with Crippen LogP contribution in [0.3, 0.4) is 0 Å². The van der Waals surface area contributed by atoms with Crippen LogP contribution in [0.15, 0.2) is 22.7 Å². The molecule has 0 bridgehead atoms. The second-order valence-electron chi connectivity index (χ2n) is 4.23. The van der Waals surface area contributed by atoms with Gasteiger partial charge in [0.2, 0.25) is 0 Å². The van der Waals surface area contributed by atoms with Crippen molar-refractivity contribution in [1.82, 2.24) is 10.2 Å². The average Bonchev–Trinajstić information content (AvgIpc) is 2.33. The maximum atomic E-state index is 13.6. The van der Waals surface area contributed by atoms with Crippen LogP contribution in [0.5, 0.6) is 0 Å². The van der Waals surface area contributed by atoms with Crippen molar-refractivity contribution in [2.75, 3.05) is 32.7 Å². The van der Waals surface area contributed by atoms with E-state index in [-0.39, 0.29) is 5.82 Å². The molecule has 0 radical (unpaired) electrons. The lowest BCUT2D eigenvalue weighted by Crippen LogP contribution is -2.45. The highest BCUT2D eigenvalue weighted by molar-refractivity contribution is 9.10. The number of β-amino-alcohol motifs (C(OH)–C–C–N with tert-alkyl or cyclic N) is 1. The van der Waals surface area contributed by atoms with Crippen LogP contribution in [0.1, 0.15) is 11.7 Å². The van der Waals surface area contributed by atoms with Crippen molar-refractivity contribution < 1.29 is 9.50 Å². The first-order valence-corrected chi connectivity index (χ1v) is 6.52. The minimum absolute atomic E-state index is 0.351. The van der Waals surface area contributed by atoms with E-state index in [2.05, 4.69) is 26.1 Å². The molecule has 3 nitrogen and oxygen atoms in total. The normalized spacial score (nSPS) is 19.2. The number of piperazine rings is 1. The zero-order valence-electron chi connectivity index (χ0n) is 9.50. The van der Waals surface area contributed by atoms with Gasteiger partial charge in [-0.05, 0) is 18.2 Å². The fourth-order valence-corrected chi connectivity index (χ4v) is 2.39. The molecule has 94 valence electrons. The zero-order valence-corrected chi connectivity index (χ0v) is 11.1. The summed E-state index contributed by atoms with van der Waals surface area (Å²) in [6.07, 6.45) is -0.773. The van der Waals surface area contributed by atoms with Crippen molar-refractivity contribution in [3.8, 4) is 0 Å². The van der Waals surface area contributed by atoms with Gasteiger partial charge in [-0.15, -0.1) is 0 Å². The van der Waals surface area contributed by atoms with Gasteiger partial charge in [0, 0.05) is 42.8 Å². The van der Waals surface area contributed by atoms with Crippen LogP contribution in [0.25, 0.3) is 0 Å². The first-order valence-electron chi connectivity index (χ1n) is 5.73. The van der Waals surface area contributed by atoms with Crippen LogP contribution in [-0.2, 0) is 0 Å². The van der Waals surface area contributed by atoms with Crippen LogP contribution in [0.4, 0.5) is 4.39 Å². The number of rotatable bonds is 3. The number of benzene rings is 1. The molecule has 1 heterocycles. The minimum Gasteiger partial charge on any atom is -0.387 e. The van der Waals surface area contributed by atoms with Gasteiger partial charge in [0.25, 0.3) is 0 Å². The first-order chi connectivity index (χ1) is 8.16. The number of aliphatic hydroxyl groups excluding tert-OH is 1. The van der Waals surface area contributed by atoms with Crippen LogP contribution in [0.2, 0.25) is 0 Å². The predicted octanol–water partition coefficient (Wildman–Crippen LogP) is 1.53. The summed E-state index contributed by atoms with van der Waals surface area (Å²) in [5, 5.41) is 13.3. The highest BCUT2D eigenvalue weighted by atomic mass is 79.9. The standard InChI is InChI=1S/C12H16BrFN2O/c13-9-1-2-11(14)10(7-9)12(17)8-16-5-3-15-4-6-16/h1-2,7,12,15,17H,3-6,8H2. The number of nitrogens with zero attached hydrogens (tertiary/aromatic N) is 1. The molecule has 0 amide bonds. The molecule has 0 saturated carbocycles. The van der Waals surface area contributed by atoms with Gasteiger partial charge >= 0.3 is 0 Å². The maximum absolute atomic E-state index is 13.6. The third-order valence-corrected chi connectivity index (χ3v) is 3.45. The van der Waals surface area contributed by atoms with E-state index in [4.69, 9.17) is 0 Å². The molecule has 1 saturated heterocycles. The summed E-state index contributed by atoms with van der Waals surface area (Å²) >= 11 is 3.29. The highest BCUT2D eigenvalue weighted by Crippen LogP contribution is 2.22. The molecule has 1 aromatic rings. The Morgan fingerprint density at radius 1 is 1.41 bits per heavy atom. The van der Waals surface area contributed by atoms with Crippen LogP contribution in [0, 0.1) is 5.82 Å². The molecule has 1 aliphatic heterocycles. The number of halogens is 2. The zero-order chi connectivity index (χ0) is 12.3. The topological polar surface area (TPSA) is 35.5 Å². The molecule has 1 unspecified atom stereocenters. The van der Waals surface area contributed by atoms with Crippen LogP contribution < -0.4 is 5.32 Å². The first kappa shape index (κ1) is 13.0. The Kier molecular flexibility index (Phi) is 4.50. The Bertz CT molecular complexity index is 383. The highest BCUT2D eigenvalue weighted by Gasteiger charge is 2.18. The van der Waals surface area contributed by atoms with Crippen molar-refractivity contribution in [2.45, 2.75) is 6.10 Å². The molecule has 1 fully saturated rings. The Morgan fingerprint density at radius 2 is 2.12 bits per heavy atom. The summed E-state index contributed by atoms with van der Waals surface area (Å²) in [5.74, 6) is -0.351. The quantitative estimate of drug-likeness (QED) is 0.889. The van der Waals surface area contributed by atoms with E-state index in [0.717, 1.165) is 30.7 Å². The SMILES string of the molecule is OC(CN1CCNCC1)c1cc(Br)ccc1F. The molecule has 0 aliphatic carbocycles. The molecular weight excluding hydrogens is 287 g/mol. The average molecular weight is 303 g/mol. The largest absolute Gasteiger partial charge is 0.387 e. The van der Waals surface area contributed by atoms with E-state index in [0.29, 0.717) is 12.1 Å². The van der Waals surface area contributed by atoms with E-state index < -0.39 is 6.10 Å². The van der Waals surface area contributed by atoms with Gasteiger partial charge in [-0.3, -0.25) is 4.90 Å². The van der Waals surface area contributed by atoms with Crippen molar-refractivity contribution in [3.63, 3.8) is 0 Å². The fourth-order valence-electron chi connectivity index (χ4n) is 2.01. The summed E-state index contributed by atoms with van der Waals surface area (Å²) in [6.45, 7) is 4.12. The van der Waals surface area contributed by atoms with E-state index >= 15 is 0 Å². The number of nitrogens with one attached hydrogen (secondary N) is 1. The number of aliphatic hydroxyl groups is 1. The molecule has 1 aliphatic rings. The Labute approximate surface area is 109 Å². The van der Waals surface area contributed by atoms with Gasteiger partial charge in [-0.2, -0.15) is 0 Å². The van der Waals surface area contributed by atoms with Crippen molar-refractivity contribution >= 4 is 15.9 Å². The summed E-state index contributed by atoms with van der Waals surface area (Å²) in [7, 11) is 0. The van der Waals surface area contributed by atoms with Crippen molar-refractivity contribution in [2.24, 2.45) is 0 Å². The second kappa shape index (κ2) is 5.91. The summed E-state index contributed by atoms with van der Waals surface area (Å²) in [6, 6.07) is 4.65. The molecule has 0 aromatic heterocycles. The maximum Gasteiger partial charge on any atom is 0.129 e. The van der Waals surface area contributed by atoms with Gasteiger partial charge < -0.3 is 10.4 Å². The van der Waals surface area contributed by atoms with Crippen LogP contribution >= 0.6 is 15.9 Å². The lowest BCUT2D eigenvalue weighted by Gasteiger charge is -2.29. The predicted molar refractivity (Wildman–Crippen MR) is 68.4 cm³/mol. The fraction of sp³-hybridized carbons (Fsp3) is 0.500. The van der Waals surface area contributed by atoms with E-state index in [9.17, 15) is 9.50 Å².